The lowest BCUT2D eigenvalue weighted by molar-refractivity contribution is -0.113. The van der Waals surface area contributed by atoms with Gasteiger partial charge in [-0.15, -0.1) is 21.9 Å². The zero-order chi connectivity index (χ0) is 22.7. The van der Waals surface area contributed by atoms with E-state index in [1.54, 1.807) is 10.8 Å². The molecule has 164 valence electrons. The number of rotatable bonds is 7. The van der Waals surface area contributed by atoms with Gasteiger partial charge >= 0.3 is 0 Å². The van der Waals surface area contributed by atoms with Crippen molar-refractivity contribution in [3.05, 3.63) is 66.7 Å². The van der Waals surface area contributed by atoms with Gasteiger partial charge in [-0.3, -0.25) is 9.36 Å². The first-order valence-corrected chi connectivity index (χ1v) is 11.2. The number of benzene rings is 2. The molecule has 32 heavy (non-hydrogen) atoms. The summed E-state index contributed by atoms with van der Waals surface area (Å²) in [6.45, 7) is 10.8. The lowest BCUT2D eigenvalue weighted by Gasteiger charge is -2.19. The Bertz CT molecular complexity index is 1250. The summed E-state index contributed by atoms with van der Waals surface area (Å²) >= 11 is 1.31. The maximum absolute atomic E-state index is 12.5. The number of allylic oxidation sites excluding steroid dienone is 1. The molecule has 2 aromatic carbocycles. The van der Waals surface area contributed by atoms with Crippen LogP contribution in [-0.4, -0.2) is 41.4 Å². The van der Waals surface area contributed by atoms with Crippen LogP contribution < -0.4 is 5.32 Å². The molecule has 1 N–H and O–H groups in total. The van der Waals surface area contributed by atoms with E-state index >= 15 is 0 Å². The number of carbonyl (C=O) groups is 1. The second-order valence-corrected chi connectivity index (χ2v) is 9.28. The largest absolute Gasteiger partial charge is 0.325 e. The zero-order valence-electron chi connectivity index (χ0n) is 18.3. The third-order valence-electron chi connectivity index (χ3n) is 4.92. The van der Waals surface area contributed by atoms with Crippen molar-refractivity contribution in [3.8, 4) is 5.95 Å². The highest BCUT2D eigenvalue weighted by molar-refractivity contribution is 7.99. The normalized spacial score (nSPS) is 11.6. The van der Waals surface area contributed by atoms with Gasteiger partial charge in [0.1, 0.15) is 5.52 Å². The average molecular weight is 448 g/mol. The van der Waals surface area contributed by atoms with Gasteiger partial charge in [0.05, 0.1) is 11.3 Å². The third-order valence-corrected chi connectivity index (χ3v) is 5.88. The van der Waals surface area contributed by atoms with Crippen LogP contribution in [0.3, 0.4) is 0 Å². The van der Waals surface area contributed by atoms with Gasteiger partial charge in [-0.1, -0.05) is 68.1 Å². The Labute approximate surface area is 190 Å². The maximum Gasteiger partial charge on any atom is 0.255 e. The molecule has 1 amide bonds. The van der Waals surface area contributed by atoms with Crippen molar-refractivity contribution in [3.63, 3.8) is 0 Å². The van der Waals surface area contributed by atoms with Crippen LogP contribution in [0.15, 0.2) is 66.3 Å². The number of hydrogen-bond donors (Lipinski definition) is 1. The highest BCUT2D eigenvalue weighted by atomic mass is 32.2. The number of nitrogens with one attached hydrogen (secondary N) is 1. The fourth-order valence-corrected chi connectivity index (χ4v) is 3.97. The van der Waals surface area contributed by atoms with Crippen LogP contribution in [0.25, 0.3) is 17.0 Å². The standard InChI is InChI=1S/C23H25N7OS/c1-5-14-29-21(30-19-9-7-6-8-18(19)25-28-30)26-27-22(29)32-15-20(31)24-17-12-10-16(11-13-17)23(2,3)4/h5-13H,1,14-15H2,2-4H3,(H,24,31). The quantitative estimate of drug-likeness (QED) is 0.337. The minimum atomic E-state index is -0.112. The Balaban J connectivity index is 1.47. The lowest BCUT2D eigenvalue weighted by Crippen LogP contribution is -2.16. The molecule has 0 fully saturated rings. The molecule has 4 aromatic rings. The van der Waals surface area contributed by atoms with Crippen LogP contribution in [-0.2, 0) is 16.8 Å². The molecule has 0 radical (unpaired) electrons. The van der Waals surface area contributed by atoms with Crippen molar-refractivity contribution >= 4 is 34.4 Å². The number of hydrogen-bond acceptors (Lipinski definition) is 6. The van der Waals surface area contributed by atoms with Crippen LogP contribution in [0.2, 0.25) is 0 Å². The van der Waals surface area contributed by atoms with Crippen molar-refractivity contribution in [2.24, 2.45) is 0 Å². The van der Waals surface area contributed by atoms with Gasteiger partial charge < -0.3 is 5.32 Å². The van der Waals surface area contributed by atoms with E-state index in [9.17, 15) is 4.79 Å². The maximum atomic E-state index is 12.5. The number of aromatic nitrogens is 6. The summed E-state index contributed by atoms with van der Waals surface area (Å²) in [5.41, 5.74) is 3.66. The van der Waals surface area contributed by atoms with E-state index in [4.69, 9.17) is 0 Å². The summed E-state index contributed by atoms with van der Waals surface area (Å²) in [5.74, 6) is 0.618. The molecule has 0 saturated carbocycles. The summed E-state index contributed by atoms with van der Waals surface area (Å²) in [5, 5.41) is 20.5. The van der Waals surface area contributed by atoms with E-state index in [1.807, 2.05) is 53.1 Å². The molecule has 9 heteroatoms. The molecular formula is C23H25N7OS. The molecule has 0 spiro atoms. The molecule has 0 atom stereocenters. The highest BCUT2D eigenvalue weighted by Gasteiger charge is 2.18. The first-order valence-electron chi connectivity index (χ1n) is 10.2. The summed E-state index contributed by atoms with van der Waals surface area (Å²) in [6.07, 6.45) is 1.76. The van der Waals surface area contributed by atoms with E-state index in [1.165, 1.54) is 17.3 Å². The molecule has 0 unspecified atom stereocenters. The number of carbonyl (C=O) groups excluding carboxylic acids is 1. The predicted molar refractivity (Wildman–Crippen MR) is 127 cm³/mol. The molecule has 8 nitrogen and oxygen atoms in total. The molecule has 4 rings (SSSR count). The number of nitrogens with zero attached hydrogens (tertiary/aromatic N) is 6. The molecule has 0 aliphatic heterocycles. The number of fused-ring (bicyclic) bond motifs is 1. The van der Waals surface area contributed by atoms with Gasteiger partial charge in [0.25, 0.3) is 5.95 Å². The van der Waals surface area contributed by atoms with Crippen molar-refractivity contribution in [2.75, 3.05) is 11.1 Å². The minimum absolute atomic E-state index is 0.0702. The van der Waals surface area contributed by atoms with Gasteiger partial charge in [-0.2, -0.15) is 4.68 Å². The minimum Gasteiger partial charge on any atom is -0.325 e. The molecule has 0 aliphatic carbocycles. The SMILES string of the molecule is C=CCn1c(SCC(=O)Nc2ccc(C(C)(C)C)cc2)nnc1-n1nnc2ccccc21. The van der Waals surface area contributed by atoms with Gasteiger partial charge in [-0.25, -0.2) is 0 Å². The smallest absolute Gasteiger partial charge is 0.255 e. The summed E-state index contributed by atoms with van der Waals surface area (Å²) in [4.78, 5) is 12.5. The van der Waals surface area contributed by atoms with E-state index in [2.05, 4.69) is 53.2 Å². The Morgan fingerprint density at radius 3 is 2.56 bits per heavy atom. The Morgan fingerprint density at radius 2 is 1.84 bits per heavy atom. The van der Waals surface area contributed by atoms with Crippen molar-refractivity contribution < 1.29 is 4.79 Å². The average Bonchev–Trinajstić information content (AvgIpc) is 3.36. The monoisotopic (exact) mass is 447 g/mol. The van der Waals surface area contributed by atoms with Crippen LogP contribution in [0.1, 0.15) is 26.3 Å². The van der Waals surface area contributed by atoms with E-state index < -0.39 is 0 Å². The number of anilines is 1. The van der Waals surface area contributed by atoms with E-state index in [-0.39, 0.29) is 17.1 Å². The summed E-state index contributed by atoms with van der Waals surface area (Å²) < 4.78 is 3.51. The third kappa shape index (κ3) is 4.57. The zero-order valence-corrected chi connectivity index (χ0v) is 19.1. The van der Waals surface area contributed by atoms with Gasteiger partial charge in [-0.05, 0) is 35.2 Å². The predicted octanol–water partition coefficient (Wildman–Crippen LogP) is 4.23. The lowest BCUT2D eigenvalue weighted by atomic mass is 9.87. The van der Waals surface area contributed by atoms with Gasteiger partial charge in [0, 0.05) is 12.2 Å². The molecule has 0 aliphatic rings. The van der Waals surface area contributed by atoms with Crippen molar-refractivity contribution in [2.45, 2.75) is 37.9 Å². The van der Waals surface area contributed by atoms with Crippen LogP contribution >= 0.6 is 11.8 Å². The Kier molecular flexibility index (Phi) is 6.09. The summed E-state index contributed by atoms with van der Waals surface area (Å²) in [6, 6.07) is 15.6. The Hall–Kier alpha value is -3.46. The van der Waals surface area contributed by atoms with Crippen molar-refractivity contribution in [1.29, 1.82) is 0 Å². The second kappa shape index (κ2) is 8.96. The molecular weight excluding hydrogens is 422 g/mol. The fourth-order valence-electron chi connectivity index (χ4n) is 3.23. The number of para-hydroxylation sites is 1. The Morgan fingerprint density at radius 1 is 1.09 bits per heavy atom. The molecule has 2 heterocycles. The number of thioether (sulfide) groups is 1. The molecule has 0 saturated heterocycles. The van der Waals surface area contributed by atoms with Crippen LogP contribution in [0.4, 0.5) is 5.69 Å². The number of amides is 1. The second-order valence-electron chi connectivity index (χ2n) is 8.34. The van der Waals surface area contributed by atoms with E-state index in [0.29, 0.717) is 17.6 Å². The van der Waals surface area contributed by atoms with Crippen LogP contribution in [0, 0.1) is 0 Å². The topological polar surface area (TPSA) is 90.5 Å². The fraction of sp³-hybridized carbons (Fsp3) is 0.261. The van der Waals surface area contributed by atoms with Gasteiger partial charge in [0.15, 0.2) is 5.16 Å². The molecule has 2 aromatic heterocycles. The molecule has 0 bridgehead atoms. The highest BCUT2D eigenvalue weighted by Crippen LogP contribution is 2.24. The van der Waals surface area contributed by atoms with Crippen molar-refractivity contribution in [1.82, 2.24) is 29.8 Å². The van der Waals surface area contributed by atoms with E-state index in [0.717, 1.165) is 16.7 Å². The first-order chi connectivity index (χ1) is 15.4. The summed E-state index contributed by atoms with van der Waals surface area (Å²) in [7, 11) is 0. The first kappa shape index (κ1) is 21.8. The van der Waals surface area contributed by atoms with Crippen LogP contribution in [0.5, 0.6) is 0 Å². The van der Waals surface area contributed by atoms with Gasteiger partial charge in [0.2, 0.25) is 5.91 Å².